The topological polar surface area (TPSA) is 83.7 Å². The third kappa shape index (κ3) is 5.67. The average molecular weight is 504 g/mol. The minimum Gasteiger partial charge on any atom is -0.461 e. The summed E-state index contributed by atoms with van der Waals surface area (Å²) in [6, 6.07) is 16.6. The summed E-state index contributed by atoms with van der Waals surface area (Å²) < 4.78 is 11.8. The maximum Gasteiger partial charge on any atom is 0.411 e. The molecule has 2 aliphatic rings. The number of fused-ring (bicyclic) bond motifs is 3. The van der Waals surface area contributed by atoms with Crippen molar-refractivity contribution in [3.05, 3.63) is 71.4 Å². The first-order chi connectivity index (χ1) is 17.8. The van der Waals surface area contributed by atoms with E-state index in [1.807, 2.05) is 63.2 Å². The van der Waals surface area contributed by atoms with Gasteiger partial charge < -0.3 is 19.8 Å². The van der Waals surface area contributed by atoms with Crippen LogP contribution in [0.2, 0.25) is 0 Å². The molecule has 0 radical (unpaired) electrons. The summed E-state index contributed by atoms with van der Waals surface area (Å²) in [5.74, 6) is -0.406. The number of amides is 1. The van der Waals surface area contributed by atoms with E-state index < -0.39 is 23.7 Å². The van der Waals surface area contributed by atoms with Gasteiger partial charge in [-0.3, -0.25) is 4.90 Å². The Kier molecular flexibility index (Phi) is 7.24. The summed E-state index contributed by atoms with van der Waals surface area (Å²) in [7, 11) is 0. The van der Waals surface area contributed by atoms with Crippen LogP contribution in [-0.4, -0.2) is 46.7 Å². The van der Waals surface area contributed by atoms with Gasteiger partial charge in [0, 0.05) is 23.1 Å². The molecule has 1 amide bonds. The van der Waals surface area contributed by atoms with E-state index in [1.54, 1.807) is 4.90 Å². The van der Waals surface area contributed by atoms with Crippen molar-refractivity contribution in [1.29, 1.82) is 0 Å². The van der Waals surface area contributed by atoms with E-state index in [0.29, 0.717) is 5.56 Å². The van der Waals surface area contributed by atoms with Crippen LogP contribution in [0.5, 0.6) is 0 Å². The molecule has 7 nitrogen and oxygen atoms in total. The highest BCUT2D eigenvalue weighted by atomic mass is 16.6. The van der Waals surface area contributed by atoms with Crippen LogP contribution in [-0.2, 0) is 20.7 Å². The second-order valence-electron chi connectivity index (χ2n) is 11.1. The number of rotatable bonds is 6. The van der Waals surface area contributed by atoms with Gasteiger partial charge in [-0.1, -0.05) is 48.5 Å². The molecule has 2 heterocycles. The van der Waals surface area contributed by atoms with Crippen LogP contribution in [0.4, 0.5) is 4.79 Å². The second kappa shape index (κ2) is 10.6. The number of nitrogens with one attached hydrogen (secondary N) is 2. The molecule has 196 valence electrons. The van der Waals surface area contributed by atoms with Gasteiger partial charge in [-0.05, 0) is 76.6 Å². The Morgan fingerprint density at radius 2 is 1.73 bits per heavy atom. The molecule has 37 heavy (non-hydrogen) atoms. The Morgan fingerprint density at radius 3 is 2.46 bits per heavy atom. The van der Waals surface area contributed by atoms with Crippen LogP contribution in [0.3, 0.4) is 0 Å². The summed E-state index contributed by atoms with van der Waals surface area (Å²) in [6.07, 6.45) is 4.10. The number of hydrogen-bond donors (Lipinski definition) is 2. The van der Waals surface area contributed by atoms with Crippen LogP contribution in [0, 0.1) is 0 Å². The maximum atomic E-state index is 13.7. The van der Waals surface area contributed by atoms with Crippen molar-refractivity contribution in [2.75, 3.05) is 13.1 Å². The summed E-state index contributed by atoms with van der Waals surface area (Å²) in [5.41, 5.74) is 3.39. The van der Waals surface area contributed by atoms with E-state index in [0.717, 1.165) is 49.9 Å². The smallest absolute Gasteiger partial charge is 0.411 e. The third-order valence-electron chi connectivity index (χ3n) is 7.20. The molecule has 3 aromatic rings. The maximum absolute atomic E-state index is 13.7. The van der Waals surface area contributed by atoms with Gasteiger partial charge in [0.2, 0.25) is 0 Å². The number of para-hydroxylation sites is 1. The lowest BCUT2D eigenvalue weighted by Gasteiger charge is -2.36. The average Bonchev–Trinajstić information content (AvgIpc) is 3.51. The molecule has 0 spiro atoms. The van der Waals surface area contributed by atoms with Gasteiger partial charge in [0.15, 0.2) is 6.04 Å². The number of nitrogens with zero attached hydrogens (tertiary/aromatic N) is 1. The highest BCUT2D eigenvalue weighted by molar-refractivity contribution is 5.85. The van der Waals surface area contributed by atoms with E-state index >= 15 is 0 Å². The lowest BCUT2D eigenvalue weighted by atomic mass is 9.97. The second-order valence-corrected chi connectivity index (χ2v) is 11.1. The van der Waals surface area contributed by atoms with E-state index in [-0.39, 0.29) is 18.7 Å². The Labute approximate surface area is 218 Å². The van der Waals surface area contributed by atoms with Crippen molar-refractivity contribution in [2.24, 2.45) is 0 Å². The zero-order chi connectivity index (χ0) is 26.0. The Hall–Kier alpha value is -3.32. The van der Waals surface area contributed by atoms with Crippen LogP contribution in [0.1, 0.15) is 75.4 Å². The first-order valence-corrected chi connectivity index (χ1v) is 13.4. The highest BCUT2D eigenvalue weighted by Gasteiger charge is 2.39. The number of hydrogen-bond acceptors (Lipinski definition) is 5. The molecule has 1 aromatic heterocycles. The molecular weight excluding hydrogens is 466 g/mol. The lowest BCUT2D eigenvalue weighted by Crippen LogP contribution is -2.48. The normalized spacial score (nSPS) is 18.8. The Bertz CT molecular complexity index is 1240. The first kappa shape index (κ1) is 25.3. The fraction of sp³-hybridized carbons (Fsp3) is 0.467. The standard InChI is InChI=1S/C30H37N3O4/c1-30(2,3)37-29(35)33(19-25-26-23(17-18-31-25)22-15-9-10-16-24(22)32-26)27(20-11-5-4-6-12-20)28(34)36-21-13-7-8-14-21/h4-6,9-12,15-16,21,25,27,31-32H,7-8,13-14,17-19H2,1-3H3/t25?,27-/m0/s1. The third-order valence-corrected chi connectivity index (χ3v) is 7.20. The van der Waals surface area contributed by atoms with Gasteiger partial charge in [0.1, 0.15) is 11.7 Å². The quantitative estimate of drug-likeness (QED) is 0.414. The lowest BCUT2D eigenvalue weighted by molar-refractivity contribution is -0.155. The van der Waals surface area contributed by atoms with Crippen molar-refractivity contribution >= 4 is 23.0 Å². The van der Waals surface area contributed by atoms with Crippen LogP contribution >= 0.6 is 0 Å². The molecule has 1 fully saturated rings. The van der Waals surface area contributed by atoms with E-state index in [4.69, 9.17) is 9.47 Å². The van der Waals surface area contributed by atoms with Crippen molar-refractivity contribution < 1.29 is 19.1 Å². The fourth-order valence-electron chi connectivity index (χ4n) is 5.53. The Morgan fingerprint density at radius 1 is 1.03 bits per heavy atom. The molecule has 1 unspecified atom stereocenters. The number of H-pyrrole nitrogens is 1. The largest absolute Gasteiger partial charge is 0.461 e. The number of ether oxygens (including phenoxy) is 2. The summed E-state index contributed by atoms with van der Waals surface area (Å²) in [6.45, 7) is 6.56. The van der Waals surface area contributed by atoms with Crippen LogP contribution in [0.15, 0.2) is 54.6 Å². The SMILES string of the molecule is CC(C)(C)OC(=O)N(CC1NCCc2c1[nH]c1ccccc21)[C@H](C(=O)OC1CCCC1)c1ccccc1. The van der Waals surface area contributed by atoms with E-state index in [9.17, 15) is 9.59 Å². The fourth-order valence-corrected chi connectivity index (χ4v) is 5.53. The molecule has 7 heteroatoms. The molecule has 0 saturated heterocycles. The number of aromatic nitrogens is 1. The highest BCUT2D eigenvalue weighted by Crippen LogP contribution is 2.34. The van der Waals surface area contributed by atoms with Crippen LogP contribution in [0.25, 0.3) is 10.9 Å². The molecule has 2 atom stereocenters. The molecule has 1 aliphatic carbocycles. The molecule has 1 saturated carbocycles. The summed E-state index contributed by atoms with van der Waals surface area (Å²) >= 11 is 0. The van der Waals surface area contributed by atoms with Crippen molar-refractivity contribution in [3.8, 4) is 0 Å². The zero-order valence-electron chi connectivity index (χ0n) is 22.0. The van der Waals surface area contributed by atoms with E-state index in [2.05, 4.69) is 22.4 Å². The van der Waals surface area contributed by atoms with Gasteiger partial charge in [-0.15, -0.1) is 0 Å². The minimum atomic E-state index is -0.909. The van der Waals surface area contributed by atoms with Gasteiger partial charge in [-0.2, -0.15) is 0 Å². The number of aromatic amines is 1. The summed E-state index contributed by atoms with van der Waals surface area (Å²) in [4.78, 5) is 32.6. The monoisotopic (exact) mass is 503 g/mol. The molecule has 2 N–H and O–H groups in total. The Balaban J connectivity index is 1.52. The molecule has 2 aromatic carbocycles. The predicted octanol–water partition coefficient (Wildman–Crippen LogP) is 5.82. The molecule has 0 bridgehead atoms. The number of carbonyl (C=O) groups is 2. The number of esters is 1. The molecule has 1 aliphatic heterocycles. The zero-order valence-corrected chi connectivity index (χ0v) is 22.0. The number of benzene rings is 2. The number of carbonyl (C=O) groups excluding carboxylic acids is 2. The van der Waals surface area contributed by atoms with Crippen molar-refractivity contribution in [3.63, 3.8) is 0 Å². The van der Waals surface area contributed by atoms with Crippen molar-refractivity contribution in [1.82, 2.24) is 15.2 Å². The predicted molar refractivity (Wildman–Crippen MR) is 143 cm³/mol. The first-order valence-electron chi connectivity index (χ1n) is 13.4. The summed E-state index contributed by atoms with van der Waals surface area (Å²) in [5, 5.41) is 4.77. The molecular formula is C30H37N3O4. The van der Waals surface area contributed by atoms with E-state index in [1.165, 1.54) is 10.9 Å². The minimum absolute atomic E-state index is 0.104. The van der Waals surface area contributed by atoms with Crippen molar-refractivity contribution in [2.45, 2.75) is 76.7 Å². The van der Waals surface area contributed by atoms with Gasteiger partial charge >= 0.3 is 12.1 Å². The van der Waals surface area contributed by atoms with Crippen LogP contribution < -0.4 is 5.32 Å². The van der Waals surface area contributed by atoms with Gasteiger partial charge in [0.05, 0.1) is 6.04 Å². The van der Waals surface area contributed by atoms with Gasteiger partial charge in [-0.25, -0.2) is 9.59 Å². The molecule has 5 rings (SSSR count). The van der Waals surface area contributed by atoms with Gasteiger partial charge in [0.25, 0.3) is 0 Å².